The molecule has 0 saturated carbocycles. The van der Waals surface area contributed by atoms with Gasteiger partial charge in [-0.05, 0) is 24.0 Å². The first-order chi connectivity index (χ1) is 15.4. The number of rotatable bonds is 7. The molecule has 6 amide bonds. The van der Waals surface area contributed by atoms with Crippen LogP contribution in [-0.2, 0) is 9.59 Å². The Hall–Kier alpha value is -3.68. The standard InChI is InChI=1S/C24H26N4O4/c1-25-21(29)19(17-11-5-3-6-12-17)27(23(25)31)15-9-10-16-28-20(18-13-7-4-8-14-18)22(30)26(2)24(28)32/h3-8,11-14,19-20H,9-10,15-16H2,1-2H3. The van der Waals surface area contributed by atoms with Crippen molar-refractivity contribution in [2.24, 2.45) is 0 Å². The highest BCUT2D eigenvalue weighted by molar-refractivity contribution is 6.05. The van der Waals surface area contributed by atoms with Crippen molar-refractivity contribution in [2.45, 2.75) is 24.9 Å². The molecule has 166 valence electrons. The number of urea groups is 2. The lowest BCUT2D eigenvalue weighted by atomic mass is 10.0. The maximum Gasteiger partial charge on any atom is 0.327 e. The van der Waals surface area contributed by atoms with E-state index < -0.39 is 12.1 Å². The zero-order valence-corrected chi connectivity index (χ0v) is 18.2. The van der Waals surface area contributed by atoms with Gasteiger partial charge in [0.1, 0.15) is 12.1 Å². The van der Waals surface area contributed by atoms with Gasteiger partial charge < -0.3 is 9.80 Å². The Labute approximate surface area is 187 Å². The van der Waals surface area contributed by atoms with Gasteiger partial charge >= 0.3 is 12.1 Å². The van der Waals surface area contributed by atoms with Crippen molar-refractivity contribution in [3.8, 4) is 0 Å². The molecule has 2 saturated heterocycles. The van der Waals surface area contributed by atoms with Crippen LogP contribution in [0.4, 0.5) is 9.59 Å². The number of unbranched alkanes of at least 4 members (excludes halogenated alkanes) is 1. The number of carbonyl (C=O) groups is 4. The molecule has 2 unspecified atom stereocenters. The van der Waals surface area contributed by atoms with Gasteiger partial charge in [0.05, 0.1) is 0 Å². The first-order valence-electron chi connectivity index (χ1n) is 10.7. The van der Waals surface area contributed by atoms with Gasteiger partial charge in [0.2, 0.25) is 0 Å². The van der Waals surface area contributed by atoms with E-state index in [1.54, 1.807) is 9.80 Å². The van der Waals surface area contributed by atoms with Gasteiger partial charge in [-0.3, -0.25) is 19.4 Å². The molecule has 32 heavy (non-hydrogen) atoms. The summed E-state index contributed by atoms with van der Waals surface area (Å²) >= 11 is 0. The van der Waals surface area contributed by atoms with Crippen molar-refractivity contribution < 1.29 is 19.2 Å². The van der Waals surface area contributed by atoms with Crippen LogP contribution in [0, 0.1) is 0 Å². The van der Waals surface area contributed by atoms with Gasteiger partial charge in [0.15, 0.2) is 0 Å². The zero-order valence-electron chi connectivity index (χ0n) is 18.2. The number of hydrogen-bond donors (Lipinski definition) is 0. The van der Waals surface area contributed by atoms with E-state index >= 15 is 0 Å². The summed E-state index contributed by atoms with van der Waals surface area (Å²) in [5.74, 6) is -0.487. The van der Waals surface area contributed by atoms with Crippen LogP contribution in [0.15, 0.2) is 60.7 Å². The van der Waals surface area contributed by atoms with Crippen LogP contribution in [0.1, 0.15) is 36.1 Å². The monoisotopic (exact) mass is 434 g/mol. The summed E-state index contributed by atoms with van der Waals surface area (Å²) in [7, 11) is 2.99. The second-order valence-electron chi connectivity index (χ2n) is 8.08. The van der Waals surface area contributed by atoms with Crippen molar-refractivity contribution in [2.75, 3.05) is 27.2 Å². The number of hydrogen-bond acceptors (Lipinski definition) is 4. The molecule has 2 atom stereocenters. The van der Waals surface area contributed by atoms with Gasteiger partial charge in [-0.1, -0.05) is 60.7 Å². The van der Waals surface area contributed by atoms with Crippen LogP contribution < -0.4 is 0 Å². The van der Waals surface area contributed by atoms with Gasteiger partial charge in [-0.25, -0.2) is 9.59 Å². The molecular formula is C24H26N4O4. The summed E-state index contributed by atoms with van der Waals surface area (Å²) in [6.45, 7) is 0.770. The molecule has 0 bridgehead atoms. The van der Waals surface area contributed by atoms with Crippen LogP contribution >= 0.6 is 0 Å². The summed E-state index contributed by atoms with van der Waals surface area (Å²) in [5, 5.41) is 0. The average molecular weight is 434 g/mol. The normalized spacial score (nSPS) is 21.3. The predicted octanol–water partition coefficient (Wildman–Crippen LogP) is 3.04. The second kappa shape index (κ2) is 8.82. The Balaban J connectivity index is 1.42. The highest BCUT2D eigenvalue weighted by atomic mass is 16.2. The Kier molecular flexibility index (Phi) is 5.94. The highest BCUT2D eigenvalue weighted by Crippen LogP contribution is 2.32. The fourth-order valence-corrected chi connectivity index (χ4v) is 4.36. The molecule has 8 nitrogen and oxygen atoms in total. The SMILES string of the molecule is CN1C(=O)C(c2ccccc2)N(CCCCN2C(=O)N(C)C(=O)C2c2ccccc2)C1=O. The van der Waals surface area contributed by atoms with Crippen molar-refractivity contribution in [1.29, 1.82) is 0 Å². The van der Waals surface area contributed by atoms with Crippen LogP contribution in [0.3, 0.4) is 0 Å². The minimum Gasteiger partial charge on any atom is -0.308 e. The number of nitrogens with zero attached hydrogens (tertiary/aromatic N) is 4. The largest absolute Gasteiger partial charge is 0.327 e. The fourth-order valence-electron chi connectivity index (χ4n) is 4.36. The molecule has 0 aliphatic carbocycles. The lowest BCUT2D eigenvalue weighted by molar-refractivity contribution is -0.128. The molecule has 2 aromatic carbocycles. The molecule has 2 aromatic rings. The Bertz CT molecular complexity index is 943. The number of likely N-dealkylation sites (N-methyl/N-ethyl adjacent to an activating group) is 2. The summed E-state index contributed by atoms with van der Waals surface area (Å²) in [4.78, 5) is 56.0. The third-order valence-electron chi connectivity index (χ3n) is 6.10. The lowest BCUT2D eigenvalue weighted by Crippen LogP contribution is -2.34. The number of carbonyl (C=O) groups excluding carboxylic acids is 4. The third kappa shape index (κ3) is 3.72. The molecular weight excluding hydrogens is 408 g/mol. The quantitative estimate of drug-likeness (QED) is 0.496. The number of amides is 6. The molecule has 4 rings (SSSR count). The second-order valence-corrected chi connectivity index (χ2v) is 8.08. The Morgan fingerprint density at radius 1 is 0.594 bits per heavy atom. The van der Waals surface area contributed by atoms with Crippen molar-refractivity contribution in [1.82, 2.24) is 19.6 Å². The van der Waals surface area contributed by atoms with E-state index in [9.17, 15) is 19.2 Å². The average Bonchev–Trinajstić information content (AvgIpc) is 3.17. The lowest BCUT2D eigenvalue weighted by Gasteiger charge is -2.24. The molecule has 0 aromatic heterocycles. The van der Waals surface area contributed by atoms with E-state index in [4.69, 9.17) is 0 Å². The first-order valence-corrected chi connectivity index (χ1v) is 10.7. The predicted molar refractivity (Wildman–Crippen MR) is 117 cm³/mol. The molecule has 2 heterocycles. The van der Waals surface area contributed by atoms with E-state index in [0.29, 0.717) is 25.9 Å². The summed E-state index contributed by atoms with van der Waals surface area (Å²) in [6.07, 6.45) is 1.19. The van der Waals surface area contributed by atoms with E-state index in [1.807, 2.05) is 60.7 Å². The number of imide groups is 2. The number of benzene rings is 2. The zero-order chi connectivity index (χ0) is 22.8. The van der Waals surface area contributed by atoms with E-state index in [-0.39, 0.29) is 23.9 Å². The van der Waals surface area contributed by atoms with Crippen LogP contribution in [0.25, 0.3) is 0 Å². The first kappa shape index (κ1) is 21.5. The molecule has 0 radical (unpaired) electrons. The maximum absolute atomic E-state index is 12.7. The van der Waals surface area contributed by atoms with Gasteiger partial charge in [0.25, 0.3) is 11.8 Å². The fraction of sp³-hybridized carbons (Fsp3) is 0.333. The Morgan fingerprint density at radius 3 is 1.28 bits per heavy atom. The molecule has 2 aliphatic rings. The smallest absolute Gasteiger partial charge is 0.308 e. The van der Waals surface area contributed by atoms with E-state index in [1.165, 1.54) is 14.1 Å². The van der Waals surface area contributed by atoms with Crippen molar-refractivity contribution >= 4 is 23.9 Å². The summed E-state index contributed by atoms with van der Waals surface area (Å²) in [5.41, 5.74) is 1.56. The minimum atomic E-state index is -0.633. The third-order valence-corrected chi connectivity index (χ3v) is 6.10. The molecule has 2 fully saturated rings. The van der Waals surface area contributed by atoms with Crippen molar-refractivity contribution in [3.63, 3.8) is 0 Å². The van der Waals surface area contributed by atoms with E-state index in [2.05, 4.69) is 0 Å². The molecule has 8 heteroatoms. The molecule has 0 N–H and O–H groups in total. The van der Waals surface area contributed by atoms with Crippen LogP contribution in [0.2, 0.25) is 0 Å². The van der Waals surface area contributed by atoms with E-state index in [0.717, 1.165) is 20.9 Å². The maximum atomic E-state index is 12.7. The van der Waals surface area contributed by atoms with Crippen molar-refractivity contribution in [3.05, 3.63) is 71.8 Å². The minimum absolute atomic E-state index is 0.243. The van der Waals surface area contributed by atoms with Crippen LogP contribution in [-0.4, -0.2) is 70.7 Å². The summed E-state index contributed by atoms with van der Waals surface area (Å²) in [6, 6.07) is 16.6. The van der Waals surface area contributed by atoms with Gasteiger partial charge in [-0.15, -0.1) is 0 Å². The Morgan fingerprint density at radius 2 is 0.938 bits per heavy atom. The van der Waals surface area contributed by atoms with Gasteiger partial charge in [-0.2, -0.15) is 0 Å². The van der Waals surface area contributed by atoms with Gasteiger partial charge in [0, 0.05) is 27.2 Å². The molecule has 0 spiro atoms. The molecule has 2 aliphatic heterocycles. The van der Waals surface area contributed by atoms with Crippen LogP contribution in [0.5, 0.6) is 0 Å². The topological polar surface area (TPSA) is 81.2 Å². The highest BCUT2D eigenvalue weighted by Gasteiger charge is 2.45. The summed E-state index contributed by atoms with van der Waals surface area (Å²) < 4.78 is 0.